The number of carbonyl (C=O) groups excluding carboxylic acids is 1. The molecular formula is C24H28N4OS2. The number of fused-ring (bicyclic) bond motifs is 1. The molecule has 1 aliphatic carbocycles. The Hall–Kier alpha value is -2.38. The van der Waals surface area contributed by atoms with Gasteiger partial charge in [-0.15, -0.1) is 28.1 Å². The molecule has 2 aromatic heterocycles. The molecule has 0 saturated heterocycles. The smallest absolute Gasteiger partial charge is 0.234 e. The summed E-state index contributed by atoms with van der Waals surface area (Å²) in [6.07, 6.45) is 6.20. The van der Waals surface area contributed by atoms with Crippen molar-refractivity contribution in [3.8, 4) is 11.4 Å². The van der Waals surface area contributed by atoms with Crippen LogP contribution in [0.3, 0.4) is 0 Å². The molecular weight excluding hydrogens is 424 g/mol. The zero-order valence-corrected chi connectivity index (χ0v) is 19.7. The van der Waals surface area contributed by atoms with E-state index in [0.717, 1.165) is 47.4 Å². The van der Waals surface area contributed by atoms with Gasteiger partial charge in [0.2, 0.25) is 5.91 Å². The lowest BCUT2D eigenvalue weighted by atomic mass is 9.88. The molecule has 5 nitrogen and oxygen atoms in total. The van der Waals surface area contributed by atoms with E-state index in [-0.39, 0.29) is 11.7 Å². The van der Waals surface area contributed by atoms with Crippen molar-refractivity contribution in [2.45, 2.75) is 51.2 Å². The van der Waals surface area contributed by atoms with Crippen molar-refractivity contribution < 1.29 is 4.79 Å². The van der Waals surface area contributed by atoms with Gasteiger partial charge in [0.15, 0.2) is 11.0 Å². The van der Waals surface area contributed by atoms with Gasteiger partial charge in [-0.2, -0.15) is 0 Å². The van der Waals surface area contributed by atoms with Gasteiger partial charge in [-0.3, -0.25) is 9.36 Å². The summed E-state index contributed by atoms with van der Waals surface area (Å²) in [7, 11) is 0. The van der Waals surface area contributed by atoms with Crippen LogP contribution in [0, 0.1) is 5.92 Å². The van der Waals surface area contributed by atoms with E-state index in [1.165, 1.54) is 34.2 Å². The third-order valence-electron chi connectivity index (χ3n) is 5.68. The molecule has 162 valence electrons. The first kappa shape index (κ1) is 21.8. The number of thioether (sulfide) groups is 1. The van der Waals surface area contributed by atoms with Crippen LogP contribution in [0.5, 0.6) is 0 Å². The van der Waals surface area contributed by atoms with E-state index >= 15 is 0 Å². The lowest BCUT2D eigenvalue weighted by molar-refractivity contribution is -0.113. The van der Waals surface area contributed by atoms with Crippen LogP contribution in [0.1, 0.15) is 36.3 Å². The van der Waals surface area contributed by atoms with Crippen molar-refractivity contribution in [1.29, 1.82) is 0 Å². The highest BCUT2D eigenvalue weighted by atomic mass is 32.2. The summed E-state index contributed by atoms with van der Waals surface area (Å²) < 4.78 is 2.07. The third kappa shape index (κ3) is 4.77. The Morgan fingerprint density at radius 2 is 2.23 bits per heavy atom. The molecule has 1 amide bonds. The number of amides is 1. The third-order valence-corrected chi connectivity index (χ3v) is 7.69. The molecule has 0 spiro atoms. The number of nitrogens with one attached hydrogen (secondary N) is 1. The molecule has 7 heteroatoms. The Labute approximate surface area is 192 Å². The van der Waals surface area contributed by atoms with Crippen LogP contribution < -0.4 is 5.32 Å². The van der Waals surface area contributed by atoms with Crippen LogP contribution in [0.25, 0.3) is 11.4 Å². The minimum absolute atomic E-state index is 0.0393. The van der Waals surface area contributed by atoms with Crippen molar-refractivity contribution in [2.24, 2.45) is 5.92 Å². The molecule has 1 unspecified atom stereocenters. The maximum atomic E-state index is 12.6. The number of hydrogen-bond acceptors (Lipinski definition) is 5. The molecule has 4 rings (SSSR count). The minimum Gasteiger partial charge on any atom is -0.325 e. The zero-order valence-electron chi connectivity index (χ0n) is 18.1. The van der Waals surface area contributed by atoms with Crippen molar-refractivity contribution >= 4 is 34.7 Å². The predicted octanol–water partition coefficient (Wildman–Crippen LogP) is 5.61. The van der Waals surface area contributed by atoms with E-state index in [0.29, 0.717) is 6.54 Å². The van der Waals surface area contributed by atoms with Gasteiger partial charge in [0.25, 0.3) is 0 Å². The van der Waals surface area contributed by atoms with Crippen LogP contribution in [0.4, 0.5) is 5.69 Å². The van der Waals surface area contributed by atoms with E-state index in [2.05, 4.69) is 45.9 Å². The minimum atomic E-state index is -0.0393. The Bertz CT molecular complexity index is 1090. The number of hydrogen-bond donors (Lipinski definition) is 1. The lowest BCUT2D eigenvalue weighted by Gasteiger charge is -2.19. The molecule has 0 radical (unpaired) electrons. The fourth-order valence-electron chi connectivity index (χ4n) is 4.02. The van der Waals surface area contributed by atoms with Gasteiger partial charge in [-0.25, -0.2) is 0 Å². The molecule has 1 aliphatic rings. The molecule has 1 atom stereocenters. The molecule has 31 heavy (non-hydrogen) atoms. The average Bonchev–Trinajstić information content (AvgIpc) is 3.36. The van der Waals surface area contributed by atoms with E-state index in [4.69, 9.17) is 0 Å². The van der Waals surface area contributed by atoms with Gasteiger partial charge < -0.3 is 5.32 Å². The van der Waals surface area contributed by atoms with Crippen LogP contribution in [0.2, 0.25) is 0 Å². The second-order valence-electron chi connectivity index (χ2n) is 7.95. The topological polar surface area (TPSA) is 59.8 Å². The highest BCUT2D eigenvalue weighted by Crippen LogP contribution is 2.38. The lowest BCUT2D eigenvalue weighted by Crippen LogP contribution is -2.15. The molecule has 0 bridgehead atoms. The standard InChI is InChI=1S/C24H28N4OS2/c1-4-12-28-23(19-14-30-21-13-16(3)10-11-18(19)21)26-27-24(28)31-15-22(29)25-20-9-7-6-8-17(20)5-2/h4,6-9,14,16H,1,5,10-13,15H2,2-3H3,(H,25,29). The first-order valence-electron chi connectivity index (χ1n) is 10.7. The van der Waals surface area contributed by atoms with E-state index in [1.54, 1.807) is 0 Å². The van der Waals surface area contributed by atoms with Gasteiger partial charge in [0, 0.05) is 28.1 Å². The summed E-state index contributed by atoms with van der Waals surface area (Å²) >= 11 is 3.25. The summed E-state index contributed by atoms with van der Waals surface area (Å²) in [6.45, 7) is 8.93. The number of thiophene rings is 1. The van der Waals surface area contributed by atoms with Gasteiger partial charge in [-0.05, 0) is 48.8 Å². The van der Waals surface area contributed by atoms with E-state index < -0.39 is 0 Å². The Morgan fingerprint density at radius 3 is 3.03 bits per heavy atom. The molecule has 0 saturated carbocycles. The molecule has 0 fully saturated rings. The largest absolute Gasteiger partial charge is 0.325 e. The van der Waals surface area contributed by atoms with Gasteiger partial charge in [-0.1, -0.05) is 49.9 Å². The number of allylic oxidation sites excluding steroid dienone is 1. The first-order valence-corrected chi connectivity index (χ1v) is 12.6. The quantitative estimate of drug-likeness (QED) is 0.356. The highest BCUT2D eigenvalue weighted by molar-refractivity contribution is 7.99. The van der Waals surface area contributed by atoms with Crippen LogP contribution in [0.15, 0.2) is 47.5 Å². The summed E-state index contributed by atoms with van der Waals surface area (Å²) in [5.74, 6) is 1.87. The number of aromatic nitrogens is 3. The fraction of sp³-hybridized carbons (Fsp3) is 0.375. The number of benzene rings is 1. The summed E-state index contributed by atoms with van der Waals surface area (Å²) in [6, 6.07) is 7.92. The molecule has 1 aromatic carbocycles. The normalized spacial score (nSPS) is 15.5. The van der Waals surface area contributed by atoms with Crippen molar-refractivity contribution in [2.75, 3.05) is 11.1 Å². The SMILES string of the molecule is C=CCn1c(SCC(=O)Nc2ccccc2CC)nnc1-c1csc2c1CCC(C)C2. The van der Waals surface area contributed by atoms with Crippen LogP contribution in [-0.2, 0) is 30.6 Å². The Kier molecular flexibility index (Phi) is 6.92. The number of nitrogens with zero attached hydrogens (tertiary/aromatic N) is 3. The first-order chi connectivity index (χ1) is 15.1. The Balaban J connectivity index is 1.50. The van der Waals surface area contributed by atoms with Crippen LogP contribution in [-0.4, -0.2) is 26.4 Å². The average molecular weight is 453 g/mol. The second kappa shape index (κ2) is 9.83. The number of para-hydroxylation sites is 1. The number of anilines is 1. The van der Waals surface area contributed by atoms with E-state index in [9.17, 15) is 4.79 Å². The highest BCUT2D eigenvalue weighted by Gasteiger charge is 2.24. The molecule has 2 heterocycles. The summed E-state index contributed by atoms with van der Waals surface area (Å²) in [5.41, 5.74) is 4.62. The van der Waals surface area contributed by atoms with Gasteiger partial charge in [0.1, 0.15) is 0 Å². The Morgan fingerprint density at radius 1 is 1.39 bits per heavy atom. The zero-order chi connectivity index (χ0) is 21.8. The maximum absolute atomic E-state index is 12.6. The van der Waals surface area contributed by atoms with Gasteiger partial charge >= 0.3 is 0 Å². The van der Waals surface area contributed by atoms with Crippen molar-refractivity contribution in [3.63, 3.8) is 0 Å². The summed E-state index contributed by atoms with van der Waals surface area (Å²) in [5, 5.41) is 14.9. The molecule has 1 N–H and O–H groups in total. The number of carbonyl (C=O) groups is 1. The van der Waals surface area contributed by atoms with Crippen molar-refractivity contribution in [3.05, 3.63) is 58.3 Å². The predicted molar refractivity (Wildman–Crippen MR) is 130 cm³/mol. The van der Waals surface area contributed by atoms with Gasteiger partial charge in [0.05, 0.1) is 5.75 Å². The van der Waals surface area contributed by atoms with E-state index in [1.807, 2.05) is 41.7 Å². The fourth-order valence-corrected chi connectivity index (χ4v) is 6.01. The van der Waals surface area contributed by atoms with Crippen molar-refractivity contribution in [1.82, 2.24) is 14.8 Å². The number of rotatable bonds is 8. The maximum Gasteiger partial charge on any atom is 0.234 e. The van der Waals surface area contributed by atoms with Crippen LogP contribution >= 0.6 is 23.1 Å². The molecule has 0 aliphatic heterocycles. The monoisotopic (exact) mass is 452 g/mol. The molecule has 3 aromatic rings. The summed E-state index contributed by atoms with van der Waals surface area (Å²) in [4.78, 5) is 14.0. The second-order valence-corrected chi connectivity index (χ2v) is 9.86. The number of aryl methyl sites for hydroxylation is 1.